The third kappa shape index (κ3) is 6.07. The van der Waals surface area contributed by atoms with Crippen LogP contribution >= 0.6 is 34.4 Å². The molecule has 4 nitrogen and oxygen atoms in total. The van der Waals surface area contributed by atoms with Crippen LogP contribution < -0.4 is 10.6 Å². The van der Waals surface area contributed by atoms with E-state index >= 15 is 0 Å². The lowest BCUT2D eigenvalue weighted by molar-refractivity contribution is 0.789. The second kappa shape index (κ2) is 9.07. The van der Waals surface area contributed by atoms with Crippen LogP contribution in [-0.4, -0.2) is 30.3 Å². The smallest absolute Gasteiger partial charge is 0.191 e. The van der Waals surface area contributed by atoms with Crippen molar-refractivity contribution in [3.05, 3.63) is 33.5 Å². The summed E-state index contributed by atoms with van der Waals surface area (Å²) in [6.07, 6.45) is 2.94. The molecule has 7 heteroatoms. The van der Waals surface area contributed by atoms with Crippen LogP contribution in [0.15, 0.2) is 33.0 Å². The van der Waals surface area contributed by atoms with Crippen LogP contribution in [0.3, 0.4) is 0 Å². The van der Waals surface area contributed by atoms with Gasteiger partial charge in [-0.15, -0.1) is 22.7 Å². The lowest BCUT2D eigenvalue weighted by Crippen LogP contribution is -2.37. The summed E-state index contributed by atoms with van der Waals surface area (Å²) in [5.74, 6) is 1.93. The van der Waals surface area contributed by atoms with E-state index in [4.69, 9.17) is 0 Å². The van der Waals surface area contributed by atoms with Gasteiger partial charge in [0.05, 0.1) is 6.54 Å². The minimum Gasteiger partial charge on any atom is -0.356 e. The number of thioether (sulfide) groups is 1. The van der Waals surface area contributed by atoms with Crippen molar-refractivity contribution in [2.45, 2.75) is 24.2 Å². The summed E-state index contributed by atoms with van der Waals surface area (Å²) in [7, 11) is 1.80. The van der Waals surface area contributed by atoms with Crippen molar-refractivity contribution in [1.82, 2.24) is 15.6 Å². The van der Waals surface area contributed by atoms with Gasteiger partial charge in [0.1, 0.15) is 4.34 Å². The maximum Gasteiger partial charge on any atom is 0.191 e. The molecule has 21 heavy (non-hydrogen) atoms. The molecule has 0 amide bonds. The SMILES string of the molecule is CN=C(NCCCSc1nccs1)NCc1ccc(C)s1. The van der Waals surface area contributed by atoms with E-state index in [-0.39, 0.29) is 0 Å². The molecule has 0 saturated heterocycles. The largest absolute Gasteiger partial charge is 0.356 e. The molecule has 0 aromatic carbocycles. The predicted octanol–water partition coefficient (Wildman–Crippen LogP) is 3.36. The molecule has 114 valence electrons. The zero-order valence-electron chi connectivity index (χ0n) is 12.3. The van der Waals surface area contributed by atoms with Crippen molar-refractivity contribution >= 4 is 40.4 Å². The Bertz CT molecular complexity index is 548. The minimum atomic E-state index is 0.825. The third-order valence-electron chi connectivity index (χ3n) is 2.70. The van der Waals surface area contributed by atoms with Gasteiger partial charge in [-0.25, -0.2) is 4.98 Å². The van der Waals surface area contributed by atoms with Crippen molar-refractivity contribution in [2.75, 3.05) is 19.3 Å². The van der Waals surface area contributed by atoms with Crippen LogP contribution in [0.25, 0.3) is 0 Å². The summed E-state index contributed by atoms with van der Waals surface area (Å²) in [4.78, 5) is 11.2. The maximum absolute atomic E-state index is 4.26. The van der Waals surface area contributed by atoms with Crippen molar-refractivity contribution < 1.29 is 0 Å². The number of thiazole rings is 1. The number of hydrogen-bond donors (Lipinski definition) is 2. The summed E-state index contributed by atoms with van der Waals surface area (Å²) in [5.41, 5.74) is 0. The number of hydrogen-bond acceptors (Lipinski definition) is 5. The molecular formula is C14H20N4S3. The molecule has 0 fully saturated rings. The Balaban J connectivity index is 1.59. The highest BCUT2D eigenvalue weighted by Gasteiger charge is 2.01. The predicted molar refractivity (Wildman–Crippen MR) is 94.7 cm³/mol. The van der Waals surface area contributed by atoms with E-state index in [0.717, 1.165) is 35.6 Å². The van der Waals surface area contributed by atoms with Gasteiger partial charge in [0.2, 0.25) is 0 Å². The van der Waals surface area contributed by atoms with Gasteiger partial charge < -0.3 is 10.6 Å². The van der Waals surface area contributed by atoms with Crippen LogP contribution in [0.4, 0.5) is 0 Å². The minimum absolute atomic E-state index is 0.825. The van der Waals surface area contributed by atoms with Crippen LogP contribution in [0.2, 0.25) is 0 Å². The van der Waals surface area contributed by atoms with Crippen LogP contribution in [-0.2, 0) is 6.54 Å². The quantitative estimate of drug-likeness (QED) is 0.351. The molecule has 2 aromatic heterocycles. The maximum atomic E-state index is 4.26. The summed E-state index contributed by atoms with van der Waals surface area (Å²) in [5, 5.41) is 8.69. The third-order valence-corrected chi connectivity index (χ3v) is 5.75. The second-order valence-corrected chi connectivity index (χ2v) is 7.97. The first kappa shape index (κ1) is 16.3. The summed E-state index contributed by atoms with van der Waals surface area (Å²) >= 11 is 5.32. The molecule has 0 aliphatic heterocycles. The van der Waals surface area contributed by atoms with Gasteiger partial charge in [0.15, 0.2) is 5.96 Å². The lowest BCUT2D eigenvalue weighted by Gasteiger charge is -2.10. The van der Waals surface area contributed by atoms with Gasteiger partial charge in [-0.05, 0) is 25.5 Å². The van der Waals surface area contributed by atoms with E-state index in [9.17, 15) is 0 Å². The topological polar surface area (TPSA) is 49.3 Å². The highest BCUT2D eigenvalue weighted by Crippen LogP contribution is 2.20. The standard InChI is InChI=1S/C14H20N4S3/c1-11-4-5-12(21-11)10-18-13(15-2)16-6-3-8-19-14-17-7-9-20-14/h4-5,7,9H,3,6,8,10H2,1-2H3,(H2,15,16,18). The van der Waals surface area contributed by atoms with Gasteiger partial charge in [-0.3, -0.25) is 4.99 Å². The van der Waals surface area contributed by atoms with Gasteiger partial charge in [0, 0.05) is 40.7 Å². The van der Waals surface area contributed by atoms with Crippen LogP contribution in [0, 0.1) is 6.92 Å². The average molecular weight is 341 g/mol. The molecule has 0 aliphatic rings. The molecule has 2 N–H and O–H groups in total. The van der Waals surface area contributed by atoms with E-state index in [2.05, 4.69) is 39.7 Å². The fourth-order valence-electron chi connectivity index (χ4n) is 1.69. The van der Waals surface area contributed by atoms with Crippen LogP contribution in [0.5, 0.6) is 0 Å². The number of nitrogens with zero attached hydrogens (tertiary/aromatic N) is 2. The van der Waals surface area contributed by atoms with E-state index in [1.807, 2.05) is 34.7 Å². The van der Waals surface area contributed by atoms with Crippen molar-refractivity contribution in [2.24, 2.45) is 4.99 Å². The Morgan fingerprint density at radius 1 is 1.38 bits per heavy atom. The number of thiophene rings is 1. The highest BCUT2D eigenvalue weighted by atomic mass is 32.2. The highest BCUT2D eigenvalue weighted by molar-refractivity contribution is 8.00. The van der Waals surface area contributed by atoms with E-state index in [1.54, 1.807) is 18.4 Å². The van der Waals surface area contributed by atoms with E-state index in [0.29, 0.717) is 0 Å². The Labute approximate surface area is 138 Å². The molecule has 0 bridgehead atoms. The number of nitrogens with one attached hydrogen (secondary N) is 2. The first-order valence-electron chi connectivity index (χ1n) is 6.80. The van der Waals surface area contributed by atoms with E-state index < -0.39 is 0 Å². The summed E-state index contributed by atoms with van der Waals surface area (Å²) in [6, 6.07) is 4.30. The zero-order chi connectivity index (χ0) is 14.9. The number of guanidine groups is 1. The average Bonchev–Trinajstić information content (AvgIpc) is 3.13. The summed E-state index contributed by atoms with van der Waals surface area (Å²) < 4.78 is 1.14. The molecule has 0 radical (unpaired) electrons. The van der Waals surface area contributed by atoms with Crippen molar-refractivity contribution in [3.8, 4) is 0 Å². The Hall–Kier alpha value is -1.05. The number of aryl methyl sites for hydroxylation is 1. The van der Waals surface area contributed by atoms with Gasteiger partial charge in [-0.2, -0.15) is 0 Å². The Morgan fingerprint density at radius 3 is 2.95 bits per heavy atom. The molecular weight excluding hydrogens is 320 g/mol. The molecule has 0 spiro atoms. The molecule has 0 unspecified atom stereocenters. The fourth-order valence-corrected chi connectivity index (χ4v) is 4.17. The molecule has 2 rings (SSSR count). The molecule has 2 heterocycles. The number of aliphatic imine (C=N–C) groups is 1. The Kier molecular flexibility index (Phi) is 7.05. The molecule has 0 saturated carbocycles. The second-order valence-electron chi connectivity index (χ2n) is 4.36. The number of aromatic nitrogens is 1. The van der Waals surface area contributed by atoms with Gasteiger partial charge in [0.25, 0.3) is 0 Å². The Morgan fingerprint density at radius 2 is 2.29 bits per heavy atom. The molecule has 2 aromatic rings. The van der Waals surface area contributed by atoms with Gasteiger partial charge in [-0.1, -0.05) is 11.8 Å². The summed E-state index contributed by atoms with van der Waals surface area (Å²) in [6.45, 7) is 3.87. The van der Waals surface area contributed by atoms with Crippen LogP contribution in [0.1, 0.15) is 16.2 Å². The van der Waals surface area contributed by atoms with Crippen molar-refractivity contribution in [3.63, 3.8) is 0 Å². The van der Waals surface area contributed by atoms with E-state index in [1.165, 1.54) is 9.75 Å². The molecule has 0 atom stereocenters. The monoisotopic (exact) mass is 340 g/mol. The fraction of sp³-hybridized carbons (Fsp3) is 0.429. The first-order valence-corrected chi connectivity index (χ1v) is 9.48. The van der Waals surface area contributed by atoms with Crippen molar-refractivity contribution in [1.29, 1.82) is 0 Å². The first-order chi connectivity index (χ1) is 10.3. The molecule has 0 aliphatic carbocycles. The number of rotatable bonds is 7. The normalized spacial score (nSPS) is 11.6. The lowest BCUT2D eigenvalue weighted by atomic mass is 10.4. The zero-order valence-corrected chi connectivity index (χ0v) is 14.7. The van der Waals surface area contributed by atoms with Gasteiger partial charge >= 0.3 is 0 Å².